The van der Waals surface area contributed by atoms with Crippen molar-refractivity contribution < 1.29 is 19.1 Å². The Kier molecular flexibility index (Phi) is 7.53. The molecule has 1 heterocycles. The monoisotopic (exact) mass is 244 g/mol. The van der Waals surface area contributed by atoms with Gasteiger partial charge in [0.15, 0.2) is 5.82 Å². The molecule has 0 fully saturated rings. The summed E-state index contributed by atoms with van der Waals surface area (Å²) in [7, 11) is 1.64. The first kappa shape index (κ1) is 14.1. The largest absolute Gasteiger partial charge is 0.396 e. The highest BCUT2D eigenvalue weighted by Gasteiger charge is 2.05. The Morgan fingerprint density at radius 2 is 2.06 bits per heavy atom. The van der Waals surface area contributed by atoms with Crippen LogP contribution in [-0.4, -0.2) is 48.8 Å². The van der Waals surface area contributed by atoms with Crippen LogP contribution < -0.4 is 0 Å². The number of rotatable bonds is 10. The molecule has 17 heavy (non-hydrogen) atoms. The smallest absolute Gasteiger partial charge is 0.226 e. The third kappa shape index (κ3) is 6.35. The van der Waals surface area contributed by atoms with Crippen LogP contribution in [0.4, 0.5) is 0 Å². The second kappa shape index (κ2) is 9.09. The second-order valence-electron chi connectivity index (χ2n) is 3.64. The van der Waals surface area contributed by atoms with Crippen molar-refractivity contribution >= 4 is 0 Å². The van der Waals surface area contributed by atoms with E-state index in [9.17, 15) is 0 Å². The molecule has 0 spiro atoms. The zero-order chi connectivity index (χ0) is 12.3. The quantitative estimate of drug-likeness (QED) is 0.607. The first-order valence-corrected chi connectivity index (χ1v) is 5.86. The lowest BCUT2D eigenvalue weighted by molar-refractivity contribution is 0.0714. The number of methoxy groups -OCH3 is 1. The summed E-state index contributed by atoms with van der Waals surface area (Å²) in [6, 6.07) is 0. The SMILES string of the molecule is COCCOCCc1noc(CCCCO)n1. The summed E-state index contributed by atoms with van der Waals surface area (Å²) in [4.78, 5) is 4.23. The molecule has 1 aromatic rings. The summed E-state index contributed by atoms with van der Waals surface area (Å²) >= 11 is 0. The maximum absolute atomic E-state index is 8.64. The molecule has 0 aliphatic rings. The van der Waals surface area contributed by atoms with E-state index in [2.05, 4.69) is 10.1 Å². The molecule has 98 valence electrons. The molecular weight excluding hydrogens is 224 g/mol. The lowest BCUT2D eigenvalue weighted by atomic mass is 10.2. The van der Waals surface area contributed by atoms with Crippen molar-refractivity contribution in [2.24, 2.45) is 0 Å². The molecule has 0 aliphatic carbocycles. The molecule has 0 saturated heterocycles. The van der Waals surface area contributed by atoms with Gasteiger partial charge >= 0.3 is 0 Å². The normalized spacial score (nSPS) is 10.9. The van der Waals surface area contributed by atoms with Gasteiger partial charge in [-0.15, -0.1) is 0 Å². The van der Waals surface area contributed by atoms with Crippen LogP contribution in [0.2, 0.25) is 0 Å². The average molecular weight is 244 g/mol. The highest BCUT2D eigenvalue weighted by molar-refractivity contribution is 4.86. The van der Waals surface area contributed by atoms with Crippen molar-refractivity contribution in [1.82, 2.24) is 10.1 Å². The summed E-state index contributed by atoms with van der Waals surface area (Å²) < 4.78 is 15.2. The van der Waals surface area contributed by atoms with Crippen molar-refractivity contribution in [2.75, 3.05) is 33.5 Å². The van der Waals surface area contributed by atoms with E-state index in [-0.39, 0.29) is 6.61 Å². The molecule has 0 saturated carbocycles. The zero-order valence-corrected chi connectivity index (χ0v) is 10.2. The number of hydrogen-bond donors (Lipinski definition) is 1. The predicted octanol–water partition coefficient (Wildman–Crippen LogP) is 0.590. The molecule has 0 bridgehead atoms. The van der Waals surface area contributed by atoms with Gasteiger partial charge in [0.2, 0.25) is 5.89 Å². The Morgan fingerprint density at radius 3 is 2.82 bits per heavy atom. The Morgan fingerprint density at radius 1 is 1.18 bits per heavy atom. The molecule has 0 atom stereocenters. The van der Waals surface area contributed by atoms with Crippen LogP contribution in [0.3, 0.4) is 0 Å². The Balaban J connectivity index is 2.12. The molecule has 1 N–H and O–H groups in total. The first-order chi connectivity index (χ1) is 8.36. The van der Waals surface area contributed by atoms with Crippen molar-refractivity contribution in [2.45, 2.75) is 25.7 Å². The van der Waals surface area contributed by atoms with Crippen molar-refractivity contribution in [3.05, 3.63) is 11.7 Å². The summed E-state index contributed by atoms with van der Waals surface area (Å²) in [5.74, 6) is 1.30. The highest BCUT2D eigenvalue weighted by Crippen LogP contribution is 2.03. The maximum Gasteiger partial charge on any atom is 0.226 e. The number of aliphatic hydroxyl groups is 1. The zero-order valence-electron chi connectivity index (χ0n) is 10.2. The molecule has 0 aliphatic heterocycles. The molecule has 0 unspecified atom stereocenters. The number of aliphatic hydroxyl groups excluding tert-OH is 1. The molecule has 1 rings (SSSR count). The number of aromatic nitrogens is 2. The van der Waals surface area contributed by atoms with E-state index in [1.54, 1.807) is 7.11 Å². The Hall–Kier alpha value is -0.980. The molecule has 6 heteroatoms. The van der Waals surface area contributed by atoms with E-state index in [1.807, 2.05) is 0 Å². The third-order valence-electron chi connectivity index (χ3n) is 2.21. The van der Waals surface area contributed by atoms with Gasteiger partial charge in [0.25, 0.3) is 0 Å². The Labute approximate surface area is 101 Å². The van der Waals surface area contributed by atoms with Gasteiger partial charge in [-0.2, -0.15) is 4.98 Å². The predicted molar refractivity (Wildman–Crippen MR) is 60.7 cm³/mol. The first-order valence-electron chi connectivity index (χ1n) is 5.86. The maximum atomic E-state index is 8.64. The van der Waals surface area contributed by atoms with Gasteiger partial charge in [0.05, 0.1) is 19.8 Å². The molecule has 6 nitrogen and oxygen atoms in total. The minimum atomic E-state index is 0.203. The number of ether oxygens (including phenoxy) is 2. The summed E-state index contributed by atoms with van der Waals surface area (Å²) in [6.45, 7) is 1.95. The molecule has 0 amide bonds. The van der Waals surface area contributed by atoms with Gasteiger partial charge in [-0.1, -0.05) is 5.16 Å². The highest BCUT2D eigenvalue weighted by atomic mass is 16.5. The van der Waals surface area contributed by atoms with E-state index in [1.165, 1.54) is 0 Å². The van der Waals surface area contributed by atoms with Crippen LogP contribution in [0.1, 0.15) is 24.6 Å². The molecule has 1 aromatic heterocycles. The van der Waals surface area contributed by atoms with E-state index in [0.717, 1.165) is 19.3 Å². The van der Waals surface area contributed by atoms with Crippen molar-refractivity contribution in [3.63, 3.8) is 0 Å². The van der Waals surface area contributed by atoms with Crippen molar-refractivity contribution in [3.8, 4) is 0 Å². The summed E-state index contributed by atoms with van der Waals surface area (Å²) in [5.41, 5.74) is 0. The van der Waals surface area contributed by atoms with Crippen LogP contribution in [0, 0.1) is 0 Å². The van der Waals surface area contributed by atoms with Crippen LogP contribution in [0.15, 0.2) is 4.52 Å². The lowest BCUT2D eigenvalue weighted by Crippen LogP contribution is -2.05. The lowest BCUT2D eigenvalue weighted by Gasteiger charge is -1.99. The number of aryl methyl sites for hydroxylation is 1. The number of hydrogen-bond acceptors (Lipinski definition) is 6. The fourth-order valence-electron chi connectivity index (χ4n) is 1.29. The van der Waals surface area contributed by atoms with Gasteiger partial charge in [-0.25, -0.2) is 0 Å². The van der Waals surface area contributed by atoms with Gasteiger partial charge in [-0.3, -0.25) is 0 Å². The van der Waals surface area contributed by atoms with Crippen LogP contribution in [-0.2, 0) is 22.3 Å². The van der Waals surface area contributed by atoms with E-state index in [4.69, 9.17) is 19.1 Å². The third-order valence-corrected chi connectivity index (χ3v) is 2.21. The summed E-state index contributed by atoms with van der Waals surface area (Å²) in [5, 5.41) is 12.5. The second-order valence-corrected chi connectivity index (χ2v) is 3.64. The van der Waals surface area contributed by atoms with Crippen LogP contribution in [0.5, 0.6) is 0 Å². The average Bonchev–Trinajstić information content (AvgIpc) is 2.77. The fourth-order valence-corrected chi connectivity index (χ4v) is 1.29. The number of unbranched alkanes of at least 4 members (excludes halogenated alkanes) is 1. The standard InChI is InChI=1S/C11H20N2O4/c1-15-8-9-16-7-5-10-12-11(17-13-10)4-2-3-6-14/h14H,2-9H2,1H3. The van der Waals surface area contributed by atoms with E-state index >= 15 is 0 Å². The fraction of sp³-hybridized carbons (Fsp3) is 0.818. The minimum absolute atomic E-state index is 0.203. The molecular formula is C11H20N2O4. The molecule has 0 aromatic carbocycles. The van der Waals surface area contributed by atoms with Crippen LogP contribution in [0.25, 0.3) is 0 Å². The van der Waals surface area contributed by atoms with Gasteiger partial charge in [0.1, 0.15) is 0 Å². The summed E-state index contributed by atoms with van der Waals surface area (Å²) in [6.07, 6.45) is 2.99. The minimum Gasteiger partial charge on any atom is -0.396 e. The van der Waals surface area contributed by atoms with Crippen molar-refractivity contribution in [1.29, 1.82) is 0 Å². The number of nitrogens with zero attached hydrogens (tertiary/aromatic N) is 2. The van der Waals surface area contributed by atoms with Crippen LogP contribution >= 0.6 is 0 Å². The van der Waals surface area contributed by atoms with Gasteiger partial charge in [0, 0.05) is 26.6 Å². The molecule has 0 radical (unpaired) electrons. The van der Waals surface area contributed by atoms with Gasteiger partial charge in [-0.05, 0) is 12.8 Å². The van der Waals surface area contributed by atoms with Gasteiger partial charge < -0.3 is 19.1 Å². The Bertz CT molecular complexity index is 291. The van der Waals surface area contributed by atoms with E-state index in [0.29, 0.717) is 38.0 Å². The van der Waals surface area contributed by atoms with E-state index < -0.39 is 0 Å². The topological polar surface area (TPSA) is 77.6 Å².